The highest BCUT2D eigenvalue weighted by Crippen LogP contribution is 2.38. The van der Waals surface area contributed by atoms with Gasteiger partial charge in [0.2, 0.25) is 0 Å². The molecule has 1 fully saturated rings. The molecule has 1 aromatic carbocycles. The van der Waals surface area contributed by atoms with Crippen LogP contribution in [0.5, 0.6) is 0 Å². The van der Waals surface area contributed by atoms with Gasteiger partial charge in [-0.3, -0.25) is 4.79 Å². The molecule has 0 amide bonds. The van der Waals surface area contributed by atoms with E-state index < -0.39 is 5.82 Å². The summed E-state index contributed by atoms with van der Waals surface area (Å²) in [6.07, 6.45) is 1.93. The van der Waals surface area contributed by atoms with Crippen molar-refractivity contribution in [2.24, 2.45) is 5.92 Å². The van der Waals surface area contributed by atoms with E-state index in [1.165, 1.54) is 17.4 Å². The minimum Gasteiger partial charge on any atom is -0.397 e. The molecule has 3 rings (SSSR count). The molecule has 3 nitrogen and oxygen atoms in total. The molecule has 0 atom stereocenters. The van der Waals surface area contributed by atoms with Crippen molar-refractivity contribution in [3.05, 3.63) is 45.5 Å². The number of nitrogens with two attached hydrogens (primary N) is 1. The standard InChI is InChI=1S/C15H14ClFN2OS/c16-10-5-8(1-4-11(10)17)7-19-13-6-12(18)15(21-13)14(20)9-2-3-9/h1,4-6,9,19H,2-3,7,18H2. The Morgan fingerprint density at radius 2 is 2.19 bits per heavy atom. The predicted octanol–water partition coefficient (Wildman–Crippen LogP) is 4.33. The number of halogens is 2. The van der Waals surface area contributed by atoms with Crippen molar-refractivity contribution in [2.45, 2.75) is 19.4 Å². The summed E-state index contributed by atoms with van der Waals surface area (Å²) in [5.41, 5.74) is 7.29. The van der Waals surface area contributed by atoms with E-state index in [1.807, 2.05) is 0 Å². The summed E-state index contributed by atoms with van der Waals surface area (Å²) >= 11 is 7.11. The van der Waals surface area contributed by atoms with Crippen molar-refractivity contribution < 1.29 is 9.18 Å². The maximum absolute atomic E-state index is 13.1. The lowest BCUT2D eigenvalue weighted by Gasteiger charge is -2.04. The summed E-state index contributed by atoms with van der Waals surface area (Å²) in [6.45, 7) is 0.497. The highest BCUT2D eigenvalue weighted by atomic mass is 35.5. The SMILES string of the molecule is Nc1cc(NCc2ccc(F)c(Cl)c2)sc1C(=O)C1CC1. The van der Waals surface area contributed by atoms with Crippen LogP contribution in [-0.4, -0.2) is 5.78 Å². The number of Topliss-reactive ketones (excluding diaryl/α,β-unsaturated/α-hetero) is 1. The van der Waals surface area contributed by atoms with Crippen LogP contribution in [0.1, 0.15) is 28.1 Å². The molecule has 0 radical (unpaired) electrons. The minimum atomic E-state index is -0.432. The number of nitrogen functional groups attached to an aromatic ring is 1. The zero-order chi connectivity index (χ0) is 15.0. The van der Waals surface area contributed by atoms with E-state index in [4.69, 9.17) is 17.3 Å². The van der Waals surface area contributed by atoms with Crippen LogP contribution in [0.25, 0.3) is 0 Å². The Morgan fingerprint density at radius 3 is 2.86 bits per heavy atom. The number of thiophene rings is 1. The maximum Gasteiger partial charge on any atom is 0.178 e. The van der Waals surface area contributed by atoms with Gasteiger partial charge >= 0.3 is 0 Å². The molecule has 1 aliphatic carbocycles. The van der Waals surface area contributed by atoms with Crippen molar-refractivity contribution in [1.29, 1.82) is 0 Å². The topological polar surface area (TPSA) is 55.1 Å². The lowest BCUT2D eigenvalue weighted by Crippen LogP contribution is -2.01. The smallest absolute Gasteiger partial charge is 0.178 e. The molecule has 1 saturated carbocycles. The van der Waals surface area contributed by atoms with Crippen LogP contribution in [0, 0.1) is 11.7 Å². The molecule has 3 N–H and O–H groups in total. The lowest BCUT2D eigenvalue weighted by molar-refractivity contribution is 0.0972. The summed E-state index contributed by atoms with van der Waals surface area (Å²) < 4.78 is 13.1. The summed E-state index contributed by atoms with van der Waals surface area (Å²) in [5, 5.41) is 4.12. The molecule has 1 aliphatic rings. The van der Waals surface area contributed by atoms with Crippen molar-refractivity contribution in [3.8, 4) is 0 Å². The van der Waals surface area contributed by atoms with Crippen LogP contribution in [-0.2, 0) is 6.54 Å². The molecule has 0 saturated heterocycles. The van der Waals surface area contributed by atoms with Gasteiger partial charge in [-0.05, 0) is 36.6 Å². The van der Waals surface area contributed by atoms with E-state index in [2.05, 4.69) is 5.32 Å². The third-order valence-electron chi connectivity index (χ3n) is 3.38. The second-order valence-electron chi connectivity index (χ2n) is 5.14. The zero-order valence-electron chi connectivity index (χ0n) is 11.2. The van der Waals surface area contributed by atoms with Gasteiger partial charge in [-0.25, -0.2) is 4.39 Å². The van der Waals surface area contributed by atoms with E-state index in [0.717, 1.165) is 23.4 Å². The second-order valence-corrected chi connectivity index (χ2v) is 6.60. The van der Waals surface area contributed by atoms with Crippen molar-refractivity contribution >= 4 is 39.4 Å². The number of benzene rings is 1. The molecule has 0 spiro atoms. The molecule has 21 heavy (non-hydrogen) atoms. The quantitative estimate of drug-likeness (QED) is 0.805. The second kappa shape index (κ2) is 5.66. The Kier molecular flexibility index (Phi) is 3.87. The largest absolute Gasteiger partial charge is 0.397 e. The first-order valence-corrected chi connectivity index (χ1v) is 7.85. The first kappa shape index (κ1) is 14.4. The molecule has 110 valence electrons. The van der Waals surface area contributed by atoms with Gasteiger partial charge in [0.1, 0.15) is 5.82 Å². The summed E-state index contributed by atoms with van der Waals surface area (Å²) in [5.74, 6) is -0.122. The summed E-state index contributed by atoms with van der Waals surface area (Å²) in [7, 11) is 0. The molecule has 0 aliphatic heterocycles. The molecule has 2 aromatic rings. The Balaban J connectivity index is 1.69. The van der Waals surface area contributed by atoms with E-state index in [0.29, 0.717) is 17.1 Å². The van der Waals surface area contributed by atoms with Gasteiger partial charge < -0.3 is 11.1 Å². The third-order valence-corrected chi connectivity index (χ3v) is 4.80. The number of ketones is 1. The van der Waals surface area contributed by atoms with Crippen LogP contribution in [0.3, 0.4) is 0 Å². The van der Waals surface area contributed by atoms with E-state index in [9.17, 15) is 9.18 Å². The van der Waals surface area contributed by atoms with Crippen LogP contribution in [0.2, 0.25) is 5.02 Å². The molecule has 1 heterocycles. The first-order chi connectivity index (χ1) is 10.0. The van der Waals surface area contributed by atoms with Gasteiger partial charge in [-0.1, -0.05) is 17.7 Å². The first-order valence-electron chi connectivity index (χ1n) is 6.66. The summed E-state index contributed by atoms with van der Waals surface area (Å²) in [4.78, 5) is 12.7. The van der Waals surface area contributed by atoms with Crippen molar-refractivity contribution in [1.82, 2.24) is 0 Å². The number of rotatable bonds is 5. The van der Waals surface area contributed by atoms with Crippen LogP contribution in [0.4, 0.5) is 15.1 Å². The van der Waals surface area contributed by atoms with E-state index in [1.54, 1.807) is 18.2 Å². The molecule has 0 bridgehead atoms. The number of carbonyl (C=O) groups is 1. The maximum atomic E-state index is 13.1. The van der Waals surface area contributed by atoms with Gasteiger partial charge in [-0.2, -0.15) is 0 Å². The lowest BCUT2D eigenvalue weighted by atomic mass is 10.2. The average Bonchev–Trinajstić information content (AvgIpc) is 3.23. The van der Waals surface area contributed by atoms with Gasteiger partial charge in [0.25, 0.3) is 0 Å². The zero-order valence-corrected chi connectivity index (χ0v) is 12.7. The average molecular weight is 325 g/mol. The van der Waals surface area contributed by atoms with E-state index >= 15 is 0 Å². The number of carbonyl (C=O) groups excluding carboxylic acids is 1. The molecule has 6 heteroatoms. The van der Waals surface area contributed by atoms with Gasteiger partial charge in [0, 0.05) is 12.5 Å². The van der Waals surface area contributed by atoms with Crippen LogP contribution in [0.15, 0.2) is 24.3 Å². The van der Waals surface area contributed by atoms with Crippen LogP contribution >= 0.6 is 22.9 Å². The monoisotopic (exact) mass is 324 g/mol. The van der Waals surface area contributed by atoms with E-state index in [-0.39, 0.29) is 16.7 Å². The fourth-order valence-electron chi connectivity index (χ4n) is 2.05. The summed E-state index contributed by atoms with van der Waals surface area (Å²) in [6, 6.07) is 6.36. The van der Waals surface area contributed by atoms with Gasteiger partial charge in [-0.15, -0.1) is 11.3 Å². The molecular weight excluding hydrogens is 311 g/mol. The highest BCUT2D eigenvalue weighted by Gasteiger charge is 2.32. The minimum absolute atomic E-state index is 0.101. The highest BCUT2D eigenvalue weighted by molar-refractivity contribution is 7.18. The van der Waals surface area contributed by atoms with Gasteiger partial charge in [0.05, 0.1) is 20.6 Å². The normalized spacial score (nSPS) is 14.2. The number of anilines is 2. The number of nitrogens with one attached hydrogen (secondary N) is 1. The van der Waals surface area contributed by atoms with Crippen LogP contribution < -0.4 is 11.1 Å². The predicted molar refractivity (Wildman–Crippen MR) is 84.5 cm³/mol. The Hall–Kier alpha value is -1.59. The van der Waals surface area contributed by atoms with Crippen molar-refractivity contribution in [3.63, 3.8) is 0 Å². The van der Waals surface area contributed by atoms with Crippen molar-refractivity contribution in [2.75, 3.05) is 11.1 Å². The Bertz CT molecular complexity index is 697. The Morgan fingerprint density at radius 1 is 1.43 bits per heavy atom. The molecule has 1 aromatic heterocycles. The molecule has 0 unspecified atom stereocenters. The fraction of sp³-hybridized carbons (Fsp3) is 0.267. The molecular formula is C15H14ClFN2OS. The fourth-order valence-corrected chi connectivity index (χ4v) is 3.25. The number of hydrogen-bond acceptors (Lipinski definition) is 4. The van der Waals surface area contributed by atoms with Gasteiger partial charge in [0.15, 0.2) is 5.78 Å². The number of hydrogen-bond donors (Lipinski definition) is 2. The third kappa shape index (κ3) is 3.19. The Labute approximate surface area is 130 Å².